The lowest BCUT2D eigenvalue weighted by molar-refractivity contribution is 0.199. The molecule has 19 heavy (non-hydrogen) atoms. The van der Waals surface area contributed by atoms with E-state index >= 15 is 0 Å². The molecule has 1 N–H and O–H groups in total. The summed E-state index contributed by atoms with van der Waals surface area (Å²) in [4.78, 5) is 8.87. The second kappa shape index (κ2) is 7.61. The molecule has 1 aromatic heterocycles. The largest absolute Gasteiger partial charge is 0.383 e. The van der Waals surface area contributed by atoms with Crippen LogP contribution in [-0.2, 0) is 17.7 Å². The van der Waals surface area contributed by atoms with Crippen LogP contribution in [0.2, 0.25) is 0 Å². The number of methoxy groups -OCH3 is 1. The molecule has 2 aromatic rings. The van der Waals surface area contributed by atoms with E-state index in [1.165, 1.54) is 5.56 Å². The van der Waals surface area contributed by atoms with Crippen molar-refractivity contribution in [2.24, 2.45) is 0 Å². The van der Waals surface area contributed by atoms with Crippen molar-refractivity contribution in [1.29, 1.82) is 0 Å². The van der Waals surface area contributed by atoms with Crippen LogP contribution in [0.3, 0.4) is 0 Å². The lowest BCUT2D eigenvalue weighted by Gasteiger charge is -2.05. The van der Waals surface area contributed by atoms with Crippen molar-refractivity contribution in [3.63, 3.8) is 0 Å². The quantitative estimate of drug-likeness (QED) is 0.768. The molecule has 0 aliphatic carbocycles. The van der Waals surface area contributed by atoms with Gasteiger partial charge in [-0.25, -0.2) is 9.97 Å². The number of nitrogens with zero attached hydrogens (tertiary/aromatic N) is 2. The van der Waals surface area contributed by atoms with Crippen LogP contribution in [0, 0.1) is 0 Å². The molecule has 2 rings (SSSR count). The van der Waals surface area contributed by atoms with Gasteiger partial charge in [0.25, 0.3) is 0 Å². The Bertz CT molecular complexity index is 488. The Hall–Kier alpha value is -1.78. The zero-order chi connectivity index (χ0) is 13.3. The van der Waals surface area contributed by atoms with Crippen LogP contribution in [0.1, 0.15) is 17.1 Å². The number of hydrogen-bond donors (Lipinski definition) is 1. The maximum absolute atomic E-state index is 4.99. The molecule has 100 valence electrons. The van der Waals surface area contributed by atoms with E-state index in [1.54, 1.807) is 7.11 Å². The van der Waals surface area contributed by atoms with Gasteiger partial charge in [-0.15, -0.1) is 0 Å². The SMILES string of the molecule is COCCNCc1ccnc(Cc2ccccc2)n1. The first-order valence-electron chi connectivity index (χ1n) is 6.43. The molecule has 1 aromatic carbocycles. The molecule has 4 heteroatoms. The number of aromatic nitrogens is 2. The van der Waals surface area contributed by atoms with Crippen LogP contribution < -0.4 is 5.32 Å². The van der Waals surface area contributed by atoms with Crippen molar-refractivity contribution in [3.05, 3.63) is 59.7 Å². The summed E-state index contributed by atoms with van der Waals surface area (Å²) in [5.74, 6) is 0.859. The smallest absolute Gasteiger partial charge is 0.132 e. The number of benzene rings is 1. The van der Waals surface area contributed by atoms with Gasteiger partial charge in [0.15, 0.2) is 0 Å². The molecular formula is C15H19N3O. The molecule has 0 aliphatic rings. The molecule has 0 amide bonds. The van der Waals surface area contributed by atoms with E-state index in [0.717, 1.165) is 31.0 Å². The topological polar surface area (TPSA) is 47.0 Å². The van der Waals surface area contributed by atoms with Gasteiger partial charge >= 0.3 is 0 Å². The molecule has 0 saturated carbocycles. The van der Waals surface area contributed by atoms with Crippen molar-refractivity contribution in [1.82, 2.24) is 15.3 Å². The highest BCUT2D eigenvalue weighted by atomic mass is 16.5. The fraction of sp³-hybridized carbons (Fsp3) is 0.333. The van der Waals surface area contributed by atoms with Crippen molar-refractivity contribution in [2.45, 2.75) is 13.0 Å². The maximum Gasteiger partial charge on any atom is 0.132 e. The van der Waals surface area contributed by atoms with Gasteiger partial charge in [0.1, 0.15) is 5.82 Å². The molecule has 0 fully saturated rings. The monoisotopic (exact) mass is 257 g/mol. The first kappa shape index (κ1) is 13.6. The molecule has 0 saturated heterocycles. The Labute approximate surface area is 113 Å². The van der Waals surface area contributed by atoms with Gasteiger partial charge in [0.2, 0.25) is 0 Å². The van der Waals surface area contributed by atoms with Crippen LogP contribution in [0.15, 0.2) is 42.6 Å². The minimum Gasteiger partial charge on any atom is -0.383 e. The first-order valence-corrected chi connectivity index (χ1v) is 6.43. The van der Waals surface area contributed by atoms with Crippen molar-refractivity contribution in [3.8, 4) is 0 Å². The van der Waals surface area contributed by atoms with E-state index < -0.39 is 0 Å². The highest BCUT2D eigenvalue weighted by Crippen LogP contribution is 2.05. The van der Waals surface area contributed by atoms with E-state index in [-0.39, 0.29) is 0 Å². The fourth-order valence-electron chi connectivity index (χ4n) is 1.79. The third-order valence-corrected chi connectivity index (χ3v) is 2.76. The summed E-state index contributed by atoms with van der Waals surface area (Å²) >= 11 is 0. The lowest BCUT2D eigenvalue weighted by Crippen LogP contribution is -2.19. The second-order valence-corrected chi connectivity index (χ2v) is 4.30. The van der Waals surface area contributed by atoms with Crippen LogP contribution in [0.4, 0.5) is 0 Å². The number of rotatable bonds is 7. The van der Waals surface area contributed by atoms with Crippen LogP contribution in [0.25, 0.3) is 0 Å². The van der Waals surface area contributed by atoms with Gasteiger partial charge in [-0.3, -0.25) is 0 Å². The van der Waals surface area contributed by atoms with Crippen molar-refractivity contribution < 1.29 is 4.74 Å². The summed E-state index contributed by atoms with van der Waals surface area (Å²) in [5.41, 5.74) is 2.24. The fourth-order valence-corrected chi connectivity index (χ4v) is 1.79. The minimum atomic E-state index is 0.710. The van der Waals surface area contributed by atoms with E-state index in [2.05, 4.69) is 27.4 Å². The van der Waals surface area contributed by atoms with Gasteiger partial charge in [-0.05, 0) is 11.6 Å². The summed E-state index contributed by atoms with van der Waals surface area (Å²) in [7, 11) is 1.70. The Morgan fingerprint density at radius 2 is 2.00 bits per heavy atom. The Morgan fingerprint density at radius 1 is 1.16 bits per heavy atom. The summed E-state index contributed by atoms with van der Waals surface area (Å²) in [6.45, 7) is 2.28. The third kappa shape index (κ3) is 4.77. The van der Waals surface area contributed by atoms with Crippen LogP contribution in [-0.4, -0.2) is 30.2 Å². The summed E-state index contributed by atoms with van der Waals surface area (Å²) < 4.78 is 4.99. The average Bonchev–Trinajstić information content (AvgIpc) is 2.45. The minimum absolute atomic E-state index is 0.710. The second-order valence-electron chi connectivity index (χ2n) is 4.30. The molecule has 0 atom stereocenters. The van der Waals surface area contributed by atoms with Crippen LogP contribution in [0.5, 0.6) is 0 Å². The zero-order valence-electron chi connectivity index (χ0n) is 11.2. The summed E-state index contributed by atoms with van der Waals surface area (Å²) in [5, 5.41) is 3.28. The third-order valence-electron chi connectivity index (χ3n) is 2.76. The van der Waals surface area contributed by atoms with Gasteiger partial charge in [0, 0.05) is 32.8 Å². The predicted octanol–water partition coefficient (Wildman–Crippen LogP) is 1.80. The number of hydrogen-bond acceptors (Lipinski definition) is 4. The maximum atomic E-state index is 4.99. The van der Waals surface area contributed by atoms with Gasteiger partial charge in [-0.1, -0.05) is 30.3 Å². The van der Waals surface area contributed by atoms with Crippen molar-refractivity contribution >= 4 is 0 Å². The number of ether oxygens (including phenoxy) is 1. The summed E-state index contributed by atoms with van der Waals surface area (Å²) in [6.07, 6.45) is 2.59. The van der Waals surface area contributed by atoms with Gasteiger partial charge in [0.05, 0.1) is 12.3 Å². The van der Waals surface area contributed by atoms with E-state index in [1.807, 2.05) is 30.5 Å². The highest BCUT2D eigenvalue weighted by Gasteiger charge is 2.01. The van der Waals surface area contributed by atoms with Gasteiger partial charge in [-0.2, -0.15) is 0 Å². The molecule has 0 aliphatic heterocycles. The van der Waals surface area contributed by atoms with E-state index in [0.29, 0.717) is 6.61 Å². The zero-order valence-corrected chi connectivity index (χ0v) is 11.2. The molecule has 0 bridgehead atoms. The Balaban J connectivity index is 1.91. The normalized spacial score (nSPS) is 10.6. The van der Waals surface area contributed by atoms with E-state index in [9.17, 15) is 0 Å². The predicted molar refractivity (Wildman–Crippen MR) is 74.9 cm³/mol. The Kier molecular flexibility index (Phi) is 5.47. The summed E-state index contributed by atoms with van der Waals surface area (Å²) in [6, 6.07) is 12.2. The molecular weight excluding hydrogens is 238 g/mol. The molecule has 1 heterocycles. The highest BCUT2D eigenvalue weighted by molar-refractivity contribution is 5.19. The number of nitrogens with one attached hydrogen (secondary N) is 1. The Morgan fingerprint density at radius 3 is 2.79 bits per heavy atom. The first-order chi connectivity index (χ1) is 9.38. The molecule has 0 unspecified atom stereocenters. The lowest BCUT2D eigenvalue weighted by atomic mass is 10.1. The van der Waals surface area contributed by atoms with E-state index in [4.69, 9.17) is 4.74 Å². The standard InChI is InChI=1S/C15H19N3O/c1-19-10-9-16-12-14-7-8-17-15(18-14)11-13-5-3-2-4-6-13/h2-8,16H,9-12H2,1H3. The van der Waals surface area contributed by atoms with Crippen molar-refractivity contribution in [2.75, 3.05) is 20.3 Å². The molecule has 0 spiro atoms. The molecule has 4 nitrogen and oxygen atoms in total. The molecule has 0 radical (unpaired) electrons. The average molecular weight is 257 g/mol. The van der Waals surface area contributed by atoms with Crippen LogP contribution >= 0.6 is 0 Å². The van der Waals surface area contributed by atoms with Gasteiger partial charge < -0.3 is 10.1 Å².